The Bertz CT molecular complexity index is 2740. The number of amides is 4. The monoisotopic (exact) mass is 659 g/mol. The highest BCUT2D eigenvalue weighted by atomic mass is 16.5. The average molecular weight is 659 g/mol. The number of hydrogen-bond donors (Lipinski definition) is 4. The third-order valence-corrected chi connectivity index (χ3v) is 5.94. The quantitative estimate of drug-likeness (QED) is 0.194. The minimum absolute atomic E-state index is 0.0891. The number of nitrogens with one attached hydrogen (secondary N) is 3. The maximum Gasteiger partial charge on any atom is 0.318 e. The van der Waals surface area contributed by atoms with E-state index in [1.807, 2.05) is 5.32 Å². The van der Waals surface area contributed by atoms with E-state index in [1.54, 1.807) is 10.6 Å². The molecule has 4 rings (SSSR count). The summed E-state index contributed by atoms with van der Waals surface area (Å²) in [5.74, 6) is -6.39. The van der Waals surface area contributed by atoms with Gasteiger partial charge in [-0.3, -0.25) is 9.59 Å². The fourth-order valence-electron chi connectivity index (χ4n) is 3.95. The fourth-order valence-corrected chi connectivity index (χ4v) is 3.95. The summed E-state index contributed by atoms with van der Waals surface area (Å²) in [6.45, 7) is -13.7. The number of urea groups is 1. The first-order chi connectivity index (χ1) is 34.0. The van der Waals surface area contributed by atoms with E-state index in [4.69, 9.17) is 39.0 Å². The van der Waals surface area contributed by atoms with E-state index >= 15 is 0 Å². The van der Waals surface area contributed by atoms with Crippen LogP contribution in [-0.4, -0.2) is 71.7 Å². The Morgan fingerprint density at radius 2 is 1.65 bits per heavy atom. The highest BCUT2D eigenvalue weighted by molar-refractivity contribution is 5.87. The summed E-state index contributed by atoms with van der Waals surface area (Å²) in [6.07, 6.45) is -16.5. The van der Waals surface area contributed by atoms with Gasteiger partial charge in [0.2, 0.25) is 5.91 Å². The van der Waals surface area contributed by atoms with Gasteiger partial charge in [0.05, 0.1) is 31.3 Å². The number of aliphatic hydroxyl groups excluding tert-OH is 1. The van der Waals surface area contributed by atoms with Crippen molar-refractivity contribution in [2.24, 2.45) is 5.92 Å². The summed E-state index contributed by atoms with van der Waals surface area (Å²) in [7, 11) is 0. The summed E-state index contributed by atoms with van der Waals surface area (Å²) in [4.78, 5) is 42.1. The van der Waals surface area contributed by atoms with E-state index in [9.17, 15) is 26.3 Å². The normalized spacial score (nSPS) is 30.3. The molecule has 0 radical (unpaired) electrons. The van der Waals surface area contributed by atoms with Crippen molar-refractivity contribution in [3.05, 3.63) is 101 Å². The topological polar surface area (TPSA) is 120 Å². The number of rotatable bonds is 15. The van der Waals surface area contributed by atoms with Crippen LogP contribution in [0.1, 0.15) is 90.0 Å². The highest BCUT2D eigenvalue weighted by Gasteiger charge is 2.35. The van der Waals surface area contributed by atoms with E-state index < -0.39 is 213 Å². The van der Waals surface area contributed by atoms with Crippen LogP contribution in [0.25, 0.3) is 0 Å². The lowest BCUT2D eigenvalue weighted by molar-refractivity contribution is -0.128. The molecule has 0 spiro atoms. The van der Waals surface area contributed by atoms with Crippen molar-refractivity contribution in [1.82, 2.24) is 20.9 Å². The van der Waals surface area contributed by atoms with Gasteiger partial charge in [-0.2, -0.15) is 0 Å². The van der Waals surface area contributed by atoms with Gasteiger partial charge in [-0.05, 0) is 67.4 Å². The molecule has 0 aliphatic carbocycles. The molecule has 4 amide bonds. The zero-order valence-electron chi connectivity index (χ0n) is 54.3. The van der Waals surface area contributed by atoms with Crippen LogP contribution in [0.3, 0.4) is 0 Å². The Kier molecular flexibility index (Phi) is 4.51. The van der Waals surface area contributed by atoms with Crippen molar-refractivity contribution < 1.29 is 65.3 Å². The smallest absolute Gasteiger partial charge is 0.318 e. The van der Waals surface area contributed by atoms with Crippen molar-refractivity contribution >= 4 is 17.8 Å². The zero-order valence-corrected chi connectivity index (χ0v) is 24.3. The number of carbonyl (C=O) groups is 3. The molecule has 1 aliphatic heterocycles. The van der Waals surface area contributed by atoms with Crippen LogP contribution in [-0.2, 0) is 22.3 Å². The average Bonchev–Trinajstić information content (AvgIpc) is 3.26. The molecule has 246 valence electrons. The van der Waals surface area contributed by atoms with E-state index in [1.165, 1.54) is 0 Å². The number of ether oxygens (including phenoxy) is 1. The van der Waals surface area contributed by atoms with Gasteiger partial charge in [0, 0.05) is 41.0 Å². The largest absolute Gasteiger partial charge is 0.483 e. The van der Waals surface area contributed by atoms with Gasteiger partial charge in [-0.25, -0.2) is 4.79 Å². The standard InChI is InChI=1S/C37H48N4O5/c1-25(2)34(41-20-12-19-38-37(41)45)36(44)39-30(21-28-15-7-5-8-16-28)23-32(42)31(22-29-17-9-6-10-18-29)40-33(43)24-46-35-26(3)13-11-14-27(35)4/h5-11,13-18,25,30-32,34,42H,12,19-24H2,1-4H3,(H,38,45)(H,39,44)(H,40,43)/t30-,31-,32-,34-/m0/s1/i3D3,4D3,5D,6D,7D,8D,9D,10D,11D,12D2,13D,14D,15D,16D,17D,18D,19D2,20D2,21D2,22D2,31D. The fraction of sp³-hybridized carbons (Fsp3) is 0.432. The molecule has 1 saturated heterocycles. The van der Waals surface area contributed by atoms with Gasteiger partial charge in [0.25, 0.3) is 5.91 Å². The molecule has 0 bridgehead atoms. The maximum absolute atomic E-state index is 14.6. The minimum atomic E-state index is -4.11. The SMILES string of the molecule is [2H]c1c([2H])c([2H])c(C([2H])([2H])[C@@H](C[C@H](O)[C@@]([2H])(NC(=O)COc2c(C([2H])([2H])[2H])c([2H])c([2H])c([2H])c2C([2H])([2H])[2H])C([2H])([2H])c2c([2H])c([2H])c([2H])c([2H])c2[2H])NC(=O)[C@H](C(C)C)N2C(=O)NC([2H])([2H])C([2H])([2H])C2([2H])[2H])c([2H])c1[2H]. The molecular formula is C37H48N4O5. The Morgan fingerprint density at radius 1 is 1.02 bits per heavy atom. The molecule has 1 heterocycles. The van der Waals surface area contributed by atoms with E-state index in [0.717, 1.165) is 13.8 Å². The summed E-state index contributed by atoms with van der Waals surface area (Å²) < 4.78 is 257. The summed E-state index contributed by atoms with van der Waals surface area (Å²) in [6, 6.07) is -27.4. The van der Waals surface area contributed by atoms with Crippen molar-refractivity contribution in [2.75, 3.05) is 19.6 Å². The van der Waals surface area contributed by atoms with Crippen LogP contribution >= 0.6 is 0 Å². The first kappa shape index (κ1) is 12.3. The molecule has 3 aromatic rings. The van der Waals surface area contributed by atoms with Gasteiger partial charge in [0.15, 0.2) is 6.61 Å². The third kappa shape index (κ3) is 9.81. The van der Waals surface area contributed by atoms with Crippen LogP contribution in [0.15, 0.2) is 78.6 Å². The predicted octanol–water partition coefficient (Wildman–Crippen LogP) is 4.33. The predicted molar refractivity (Wildman–Crippen MR) is 180 cm³/mol. The molecule has 4 atom stereocenters. The molecule has 0 aromatic heterocycles. The molecule has 0 saturated carbocycles. The number of aliphatic hydroxyl groups is 1. The van der Waals surface area contributed by atoms with Crippen LogP contribution in [0.4, 0.5) is 4.79 Å². The molecule has 1 aliphatic rings. The maximum atomic E-state index is 14.6. The van der Waals surface area contributed by atoms with Gasteiger partial charge in [-0.15, -0.1) is 0 Å². The molecule has 4 N–H and O–H groups in total. The summed E-state index contributed by atoms with van der Waals surface area (Å²) in [5, 5.41) is 17.5. The molecule has 46 heavy (non-hydrogen) atoms. The second-order valence-corrected chi connectivity index (χ2v) is 9.64. The van der Waals surface area contributed by atoms with Crippen molar-refractivity contribution in [3.63, 3.8) is 0 Å². The number of benzene rings is 3. The second kappa shape index (κ2) is 16.8. The van der Waals surface area contributed by atoms with E-state index in [0.29, 0.717) is 0 Å². The molecule has 1 fully saturated rings. The lowest BCUT2D eigenvalue weighted by Gasteiger charge is -2.37. The molecule has 0 unspecified atom stereocenters. The molecule has 9 heteroatoms. The van der Waals surface area contributed by atoms with Gasteiger partial charge < -0.3 is 30.7 Å². The van der Waals surface area contributed by atoms with Crippen molar-refractivity contribution in [1.29, 1.82) is 0 Å². The third-order valence-electron chi connectivity index (χ3n) is 5.94. The summed E-state index contributed by atoms with van der Waals surface area (Å²) >= 11 is 0. The Balaban J connectivity index is 2.05. The van der Waals surface area contributed by atoms with Crippen LogP contribution in [0.2, 0.25) is 0 Å². The summed E-state index contributed by atoms with van der Waals surface area (Å²) in [5.41, 5.74) is -5.48. The zero-order chi connectivity index (χ0) is 59.3. The Labute approximate surface area is 314 Å². The first-order valence-electron chi connectivity index (χ1n) is 28.4. The lowest BCUT2D eigenvalue weighted by atomic mass is 9.92. The number of para-hydroxylation sites is 1. The van der Waals surface area contributed by atoms with E-state index in [-0.39, 0.29) is 4.90 Å². The van der Waals surface area contributed by atoms with Crippen molar-refractivity contribution in [2.45, 2.75) is 77.3 Å². The minimum Gasteiger partial charge on any atom is -0.483 e. The van der Waals surface area contributed by atoms with Crippen molar-refractivity contribution in [3.8, 4) is 5.75 Å². The molecule has 3 aromatic carbocycles. The number of nitrogens with zero attached hydrogens (tertiary/aromatic N) is 1. The first-order valence-corrected chi connectivity index (χ1v) is 13.4. The Hall–Kier alpha value is -4.37. The van der Waals surface area contributed by atoms with Gasteiger partial charge in [-0.1, -0.05) is 92.4 Å². The number of hydrogen-bond acceptors (Lipinski definition) is 5. The number of carbonyl (C=O) groups excluding carboxylic acids is 3. The van der Waals surface area contributed by atoms with Crippen LogP contribution < -0.4 is 20.7 Å². The lowest BCUT2D eigenvalue weighted by Crippen LogP contribution is -2.59. The van der Waals surface area contributed by atoms with Gasteiger partial charge in [0.1, 0.15) is 11.8 Å². The molecule has 9 nitrogen and oxygen atoms in total. The second-order valence-electron chi connectivity index (χ2n) is 9.64. The van der Waals surface area contributed by atoms with Crippen LogP contribution in [0.5, 0.6) is 5.75 Å². The van der Waals surface area contributed by atoms with E-state index in [2.05, 4.69) is 0 Å². The van der Waals surface area contributed by atoms with Crippen LogP contribution in [0, 0.1) is 19.6 Å². The molecular weight excluding hydrogens is 580 g/mol. The van der Waals surface area contributed by atoms with Gasteiger partial charge >= 0.3 is 6.03 Å². The highest BCUT2D eigenvalue weighted by Crippen LogP contribution is 2.22. The Morgan fingerprint density at radius 3 is 2.26 bits per heavy atom.